The highest BCUT2D eigenvalue weighted by atomic mass is 79.9. The predicted molar refractivity (Wildman–Crippen MR) is 100 cm³/mol. The van der Waals surface area contributed by atoms with Gasteiger partial charge in [0.25, 0.3) is 0 Å². The number of fused-ring (bicyclic) bond motifs is 1. The molecule has 114 valence electrons. The molecule has 3 aromatic rings. The molecule has 0 aliphatic rings. The van der Waals surface area contributed by atoms with Crippen LogP contribution in [0.15, 0.2) is 71.2 Å². The summed E-state index contributed by atoms with van der Waals surface area (Å²) in [6.45, 7) is 1.97. The van der Waals surface area contributed by atoms with Crippen LogP contribution < -0.4 is 5.32 Å². The molecule has 0 bridgehead atoms. The number of aryl methyl sites for hydroxylation is 1. The Bertz CT molecular complexity index is 894. The summed E-state index contributed by atoms with van der Waals surface area (Å²) in [5.74, 6) is -0.136. The number of amides is 1. The van der Waals surface area contributed by atoms with Crippen molar-refractivity contribution in [2.75, 3.05) is 5.32 Å². The molecule has 0 aliphatic carbocycles. The first-order chi connectivity index (χ1) is 11.1. The number of carbonyl (C=O) groups excluding carboxylic acids is 1. The van der Waals surface area contributed by atoms with Crippen molar-refractivity contribution in [1.82, 2.24) is 0 Å². The van der Waals surface area contributed by atoms with Crippen LogP contribution in [0.1, 0.15) is 11.1 Å². The molecule has 0 heterocycles. The zero-order valence-electron chi connectivity index (χ0n) is 12.7. The minimum Gasteiger partial charge on any atom is -0.322 e. The molecule has 0 aromatic heterocycles. The molecular formula is C20H16BrNO. The van der Waals surface area contributed by atoms with Crippen molar-refractivity contribution < 1.29 is 4.79 Å². The Balaban J connectivity index is 1.80. The molecular weight excluding hydrogens is 350 g/mol. The van der Waals surface area contributed by atoms with E-state index in [0.29, 0.717) is 0 Å². The molecule has 0 unspecified atom stereocenters. The normalized spacial score (nSPS) is 11.0. The molecule has 23 heavy (non-hydrogen) atoms. The van der Waals surface area contributed by atoms with E-state index in [1.165, 1.54) is 5.39 Å². The van der Waals surface area contributed by atoms with E-state index < -0.39 is 0 Å². The first-order valence-corrected chi connectivity index (χ1v) is 8.16. The van der Waals surface area contributed by atoms with Gasteiger partial charge in [0.05, 0.1) is 0 Å². The van der Waals surface area contributed by atoms with Gasteiger partial charge in [0, 0.05) is 16.2 Å². The lowest BCUT2D eigenvalue weighted by Gasteiger charge is -2.06. The highest BCUT2D eigenvalue weighted by Gasteiger charge is 2.03. The maximum atomic E-state index is 12.1. The molecule has 2 nitrogen and oxygen atoms in total. The van der Waals surface area contributed by atoms with Crippen LogP contribution in [0.5, 0.6) is 0 Å². The van der Waals surface area contributed by atoms with Crippen LogP contribution in [0, 0.1) is 6.92 Å². The Morgan fingerprint density at radius 1 is 1.04 bits per heavy atom. The largest absolute Gasteiger partial charge is 0.322 e. The van der Waals surface area contributed by atoms with Crippen LogP contribution in [0.25, 0.3) is 16.8 Å². The van der Waals surface area contributed by atoms with Gasteiger partial charge in [-0.25, -0.2) is 0 Å². The highest BCUT2D eigenvalue weighted by molar-refractivity contribution is 9.10. The van der Waals surface area contributed by atoms with Crippen LogP contribution in [0.2, 0.25) is 0 Å². The van der Waals surface area contributed by atoms with Gasteiger partial charge in [-0.3, -0.25) is 4.79 Å². The molecule has 1 amide bonds. The maximum absolute atomic E-state index is 12.1. The number of anilines is 1. The molecule has 0 fully saturated rings. The maximum Gasteiger partial charge on any atom is 0.248 e. The van der Waals surface area contributed by atoms with E-state index in [9.17, 15) is 4.79 Å². The van der Waals surface area contributed by atoms with Crippen LogP contribution in [-0.2, 0) is 4.79 Å². The highest BCUT2D eigenvalue weighted by Crippen LogP contribution is 2.21. The van der Waals surface area contributed by atoms with Crippen molar-refractivity contribution in [3.63, 3.8) is 0 Å². The third-order valence-electron chi connectivity index (χ3n) is 3.68. The third kappa shape index (κ3) is 3.69. The topological polar surface area (TPSA) is 29.1 Å². The monoisotopic (exact) mass is 365 g/mol. The number of hydrogen-bond acceptors (Lipinski definition) is 1. The van der Waals surface area contributed by atoms with E-state index in [1.54, 1.807) is 6.08 Å². The van der Waals surface area contributed by atoms with Gasteiger partial charge >= 0.3 is 0 Å². The zero-order valence-corrected chi connectivity index (χ0v) is 14.3. The molecule has 0 aliphatic heterocycles. The van der Waals surface area contributed by atoms with Crippen molar-refractivity contribution in [2.24, 2.45) is 0 Å². The Morgan fingerprint density at radius 3 is 2.65 bits per heavy atom. The third-order valence-corrected chi connectivity index (χ3v) is 4.18. The fourth-order valence-electron chi connectivity index (χ4n) is 2.50. The van der Waals surface area contributed by atoms with E-state index >= 15 is 0 Å². The molecule has 0 saturated carbocycles. The van der Waals surface area contributed by atoms with E-state index in [2.05, 4.69) is 39.4 Å². The van der Waals surface area contributed by atoms with Gasteiger partial charge in [0.1, 0.15) is 0 Å². The minimum absolute atomic E-state index is 0.136. The number of hydrogen-bond donors (Lipinski definition) is 1. The predicted octanol–water partition coefficient (Wildman–Crippen LogP) is 5.56. The molecule has 3 rings (SSSR count). The smallest absolute Gasteiger partial charge is 0.248 e. The molecule has 0 radical (unpaired) electrons. The van der Waals surface area contributed by atoms with E-state index in [4.69, 9.17) is 0 Å². The molecule has 1 N–H and O–H groups in total. The average Bonchev–Trinajstić information content (AvgIpc) is 2.55. The van der Waals surface area contributed by atoms with Gasteiger partial charge in [0.15, 0.2) is 0 Å². The number of nitrogens with one attached hydrogen (secondary N) is 1. The standard InChI is InChI=1S/C20H16BrNO/c1-14-13-17(21)10-11-19(14)22-20(23)12-9-16-7-4-6-15-5-2-3-8-18(15)16/h2-13H,1H3,(H,22,23)/b12-9+. The summed E-state index contributed by atoms with van der Waals surface area (Å²) in [6, 6.07) is 20.0. The minimum atomic E-state index is -0.136. The van der Waals surface area contributed by atoms with Crippen molar-refractivity contribution in [1.29, 1.82) is 0 Å². The van der Waals surface area contributed by atoms with Crippen molar-refractivity contribution in [3.8, 4) is 0 Å². The van der Waals surface area contributed by atoms with E-state index in [1.807, 2.05) is 55.5 Å². The lowest BCUT2D eigenvalue weighted by Crippen LogP contribution is -2.08. The van der Waals surface area contributed by atoms with Crippen LogP contribution in [-0.4, -0.2) is 5.91 Å². The second-order valence-electron chi connectivity index (χ2n) is 5.35. The van der Waals surface area contributed by atoms with Crippen molar-refractivity contribution in [2.45, 2.75) is 6.92 Å². The zero-order chi connectivity index (χ0) is 16.2. The number of halogens is 1. The van der Waals surface area contributed by atoms with Crippen LogP contribution >= 0.6 is 15.9 Å². The summed E-state index contributed by atoms with van der Waals surface area (Å²) in [5, 5.41) is 5.21. The second kappa shape index (κ2) is 6.80. The van der Waals surface area contributed by atoms with Gasteiger partial charge in [-0.15, -0.1) is 0 Å². The van der Waals surface area contributed by atoms with Gasteiger partial charge in [0.2, 0.25) is 5.91 Å². The Labute approximate surface area is 144 Å². The van der Waals surface area contributed by atoms with Gasteiger partial charge < -0.3 is 5.32 Å². The van der Waals surface area contributed by atoms with E-state index in [-0.39, 0.29) is 5.91 Å². The molecule has 0 saturated heterocycles. The summed E-state index contributed by atoms with van der Waals surface area (Å²) in [7, 11) is 0. The van der Waals surface area contributed by atoms with Crippen molar-refractivity contribution in [3.05, 3.63) is 82.3 Å². The lowest BCUT2D eigenvalue weighted by atomic mass is 10.0. The summed E-state index contributed by atoms with van der Waals surface area (Å²) in [4.78, 5) is 12.1. The first kappa shape index (κ1) is 15.5. The second-order valence-corrected chi connectivity index (χ2v) is 6.27. The quantitative estimate of drug-likeness (QED) is 0.604. The SMILES string of the molecule is Cc1cc(Br)ccc1NC(=O)/C=C/c1cccc2ccccc12. The van der Waals surface area contributed by atoms with Crippen LogP contribution in [0.3, 0.4) is 0 Å². The molecule has 3 heteroatoms. The fourth-order valence-corrected chi connectivity index (χ4v) is 2.98. The Morgan fingerprint density at radius 2 is 1.83 bits per heavy atom. The first-order valence-electron chi connectivity index (χ1n) is 7.36. The molecule has 0 spiro atoms. The van der Waals surface area contributed by atoms with Gasteiger partial charge in [-0.1, -0.05) is 58.4 Å². The molecule has 0 atom stereocenters. The Kier molecular flexibility index (Phi) is 4.58. The Hall–Kier alpha value is -2.39. The average molecular weight is 366 g/mol. The summed E-state index contributed by atoms with van der Waals surface area (Å²) < 4.78 is 0.999. The van der Waals surface area contributed by atoms with Crippen molar-refractivity contribution >= 4 is 44.4 Å². The summed E-state index contributed by atoms with van der Waals surface area (Å²) >= 11 is 3.42. The molecule has 3 aromatic carbocycles. The number of benzene rings is 3. The van der Waals surface area contributed by atoms with Crippen LogP contribution in [0.4, 0.5) is 5.69 Å². The number of carbonyl (C=O) groups is 1. The fraction of sp³-hybridized carbons (Fsp3) is 0.0500. The summed E-state index contributed by atoms with van der Waals surface area (Å²) in [6.07, 6.45) is 3.43. The lowest BCUT2D eigenvalue weighted by molar-refractivity contribution is -0.111. The number of rotatable bonds is 3. The van der Waals surface area contributed by atoms with E-state index in [0.717, 1.165) is 26.7 Å². The van der Waals surface area contributed by atoms with Gasteiger partial charge in [-0.2, -0.15) is 0 Å². The van der Waals surface area contributed by atoms with Gasteiger partial charge in [-0.05, 0) is 53.1 Å². The summed E-state index contributed by atoms with van der Waals surface area (Å²) in [5.41, 5.74) is 2.87.